The number of hydrogen-bond acceptors (Lipinski definition) is 3. The van der Waals surface area contributed by atoms with Gasteiger partial charge < -0.3 is 9.72 Å². The molecule has 0 bridgehead atoms. The monoisotopic (exact) mass is 291 g/mol. The van der Waals surface area contributed by atoms with E-state index in [2.05, 4.69) is 55.7 Å². The zero-order valence-corrected chi connectivity index (χ0v) is 13.8. The number of nitrogens with one attached hydrogen (secondary N) is 1. The maximum atomic E-state index is 4.77. The summed E-state index contributed by atoms with van der Waals surface area (Å²) >= 11 is 1.88. The van der Waals surface area contributed by atoms with Crippen LogP contribution in [0.2, 0.25) is 0 Å². The van der Waals surface area contributed by atoms with E-state index in [9.17, 15) is 0 Å². The fourth-order valence-electron chi connectivity index (χ4n) is 1.96. The van der Waals surface area contributed by atoms with Crippen LogP contribution in [0.5, 0.6) is 0 Å². The van der Waals surface area contributed by atoms with Crippen LogP contribution in [0.25, 0.3) is 5.65 Å². The van der Waals surface area contributed by atoms with Crippen LogP contribution in [-0.2, 0) is 6.54 Å². The first-order valence-corrected chi connectivity index (χ1v) is 8.33. The van der Waals surface area contributed by atoms with E-state index >= 15 is 0 Å². The van der Waals surface area contributed by atoms with Crippen molar-refractivity contribution >= 4 is 17.4 Å². The molecule has 0 unspecified atom stereocenters. The molecule has 0 radical (unpaired) electrons. The lowest BCUT2D eigenvalue weighted by atomic mass is 10.1. The Morgan fingerprint density at radius 2 is 2.10 bits per heavy atom. The van der Waals surface area contributed by atoms with Gasteiger partial charge in [-0.25, -0.2) is 4.98 Å². The van der Waals surface area contributed by atoms with Gasteiger partial charge in [0.05, 0.1) is 5.69 Å². The van der Waals surface area contributed by atoms with Gasteiger partial charge in [0, 0.05) is 18.3 Å². The third-order valence-corrected chi connectivity index (χ3v) is 4.21. The normalized spacial score (nSPS) is 12.2. The van der Waals surface area contributed by atoms with Gasteiger partial charge in [-0.15, -0.1) is 11.8 Å². The van der Waals surface area contributed by atoms with Crippen molar-refractivity contribution in [3.8, 4) is 0 Å². The number of pyridine rings is 1. The van der Waals surface area contributed by atoms with Crippen molar-refractivity contribution in [2.45, 2.75) is 57.6 Å². The van der Waals surface area contributed by atoms with Gasteiger partial charge in [0.25, 0.3) is 0 Å². The lowest BCUT2D eigenvalue weighted by Gasteiger charge is -2.20. The highest BCUT2D eigenvalue weighted by Crippen LogP contribution is 2.25. The van der Waals surface area contributed by atoms with E-state index in [0.717, 1.165) is 17.9 Å². The molecular weight excluding hydrogens is 266 g/mol. The van der Waals surface area contributed by atoms with Gasteiger partial charge in [0.15, 0.2) is 0 Å². The minimum absolute atomic E-state index is 0.115. The predicted octanol–water partition coefficient (Wildman–Crippen LogP) is 4.11. The summed E-state index contributed by atoms with van der Waals surface area (Å²) in [5.41, 5.74) is 2.43. The van der Waals surface area contributed by atoms with Gasteiger partial charge in [-0.2, -0.15) is 0 Å². The molecule has 2 heterocycles. The van der Waals surface area contributed by atoms with Gasteiger partial charge in [0.1, 0.15) is 10.7 Å². The van der Waals surface area contributed by atoms with E-state index in [-0.39, 0.29) is 5.54 Å². The minimum Gasteiger partial charge on any atom is -0.306 e. The Morgan fingerprint density at radius 1 is 1.30 bits per heavy atom. The molecule has 4 heteroatoms. The predicted molar refractivity (Wildman–Crippen MR) is 87.4 cm³/mol. The average Bonchev–Trinajstić information content (AvgIpc) is 2.73. The Bertz CT molecular complexity index is 554. The molecule has 0 saturated heterocycles. The number of imidazole rings is 1. The number of thioether (sulfide) groups is 1. The molecule has 0 aliphatic carbocycles. The summed E-state index contributed by atoms with van der Waals surface area (Å²) in [5.74, 6) is 1.14. The highest BCUT2D eigenvalue weighted by molar-refractivity contribution is 7.99. The van der Waals surface area contributed by atoms with E-state index in [1.807, 2.05) is 17.8 Å². The molecule has 110 valence electrons. The zero-order chi connectivity index (χ0) is 14.6. The van der Waals surface area contributed by atoms with Gasteiger partial charge in [-0.05, 0) is 45.1 Å². The van der Waals surface area contributed by atoms with Crippen molar-refractivity contribution in [1.82, 2.24) is 14.7 Å². The maximum Gasteiger partial charge on any atom is 0.138 e. The Morgan fingerprint density at radius 3 is 2.80 bits per heavy atom. The second-order valence-electron chi connectivity index (χ2n) is 6.10. The summed E-state index contributed by atoms with van der Waals surface area (Å²) in [5, 5.41) is 4.74. The number of nitrogens with zero attached hydrogens (tertiary/aromatic N) is 2. The van der Waals surface area contributed by atoms with Crippen LogP contribution in [0.15, 0.2) is 29.4 Å². The lowest BCUT2D eigenvalue weighted by Crippen LogP contribution is -2.35. The molecule has 1 N–H and O–H groups in total. The van der Waals surface area contributed by atoms with Crippen LogP contribution in [0.3, 0.4) is 0 Å². The van der Waals surface area contributed by atoms with E-state index in [1.54, 1.807) is 0 Å². The second-order valence-corrected chi connectivity index (χ2v) is 7.18. The number of aromatic nitrogens is 2. The molecule has 0 aliphatic heterocycles. The summed E-state index contributed by atoms with van der Waals surface area (Å²) in [6.07, 6.45) is 4.58. The van der Waals surface area contributed by atoms with Crippen molar-refractivity contribution < 1.29 is 0 Å². The van der Waals surface area contributed by atoms with E-state index in [1.165, 1.54) is 23.6 Å². The summed E-state index contributed by atoms with van der Waals surface area (Å²) in [6, 6.07) is 6.18. The molecule has 0 aliphatic rings. The molecule has 0 saturated carbocycles. The van der Waals surface area contributed by atoms with Crippen molar-refractivity contribution in [2.24, 2.45) is 0 Å². The molecule has 0 atom stereocenters. The Hall–Kier alpha value is -1.00. The average molecular weight is 291 g/mol. The first-order valence-electron chi connectivity index (χ1n) is 7.35. The molecule has 2 rings (SSSR count). The van der Waals surface area contributed by atoms with Crippen LogP contribution in [-0.4, -0.2) is 20.7 Å². The molecule has 20 heavy (non-hydrogen) atoms. The highest BCUT2D eigenvalue weighted by Gasteiger charge is 2.15. The zero-order valence-electron chi connectivity index (χ0n) is 12.9. The van der Waals surface area contributed by atoms with Crippen LogP contribution in [0, 0.1) is 0 Å². The van der Waals surface area contributed by atoms with Crippen molar-refractivity contribution in [2.75, 3.05) is 5.75 Å². The fraction of sp³-hybridized carbons (Fsp3) is 0.562. The van der Waals surface area contributed by atoms with E-state index in [0.29, 0.717) is 0 Å². The van der Waals surface area contributed by atoms with Gasteiger partial charge >= 0.3 is 0 Å². The quantitative estimate of drug-likeness (QED) is 0.641. The van der Waals surface area contributed by atoms with Crippen molar-refractivity contribution in [3.05, 3.63) is 30.1 Å². The van der Waals surface area contributed by atoms with Gasteiger partial charge in [0.2, 0.25) is 0 Å². The Labute approximate surface area is 126 Å². The smallest absolute Gasteiger partial charge is 0.138 e. The van der Waals surface area contributed by atoms with Crippen molar-refractivity contribution in [3.63, 3.8) is 0 Å². The number of hydrogen-bond donors (Lipinski definition) is 1. The Balaban J connectivity index is 2.24. The maximum absolute atomic E-state index is 4.77. The first-order chi connectivity index (χ1) is 9.51. The molecule has 0 fully saturated rings. The molecule has 0 aromatic carbocycles. The first kappa shape index (κ1) is 15.4. The summed E-state index contributed by atoms with van der Waals surface area (Å²) < 4.78 is 2.20. The van der Waals surface area contributed by atoms with Crippen molar-refractivity contribution in [1.29, 1.82) is 0 Å². The van der Waals surface area contributed by atoms with Crippen LogP contribution in [0.1, 0.15) is 46.2 Å². The topological polar surface area (TPSA) is 29.3 Å². The van der Waals surface area contributed by atoms with Crippen LogP contribution >= 0.6 is 11.8 Å². The van der Waals surface area contributed by atoms with Gasteiger partial charge in [-0.3, -0.25) is 0 Å². The third-order valence-electron chi connectivity index (χ3n) is 3.11. The highest BCUT2D eigenvalue weighted by atomic mass is 32.2. The molecule has 2 aromatic rings. The second kappa shape index (κ2) is 6.64. The molecule has 0 amide bonds. The number of unbranched alkanes of at least 4 members (excludes halogenated alkanes) is 1. The van der Waals surface area contributed by atoms with Crippen LogP contribution in [0.4, 0.5) is 0 Å². The summed E-state index contributed by atoms with van der Waals surface area (Å²) in [6.45, 7) is 9.66. The lowest BCUT2D eigenvalue weighted by molar-refractivity contribution is 0.418. The Kier molecular flexibility index (Phi) is 5.11. The van der Waals surface area contributed by atoms with E-state index in [4.69, 9.17) is 4.98 Å². The largest absolute Gasteiger partial charge is 0.306 e. The molecule has 3 nitrogen and oxygen atoms in total. The summed E-state index contributed by atoms with van der Waals surface area (Å²) in [4.78, 5) is 4.77. The van der Waals surface area contributed by atoms with Gasteiger partial charge in [-0.1, -0.05) is 19.4 Å². The number of rotatable bonds is 6. The SMILES string of the molecule is CCCCSc1nc2ccccn2c1CNC(C)(C)C. The van der Waals surface area contributed by atoms with Crippen LogP contribution < -0.4 is 5.32 Å². The minimum atomic E-state index is 0.115. The molecule has 2 aromatic heterocycles. The molecular formula is C16H25N3S. The summed E-state index contributed by atoms with van der Waals surface area (Å²) in [7, 11) is 0. The third kappa shape index (κ3) is 4.00. The standard InChI is InChI=1S/C16H25N3S/c1-5-6-11-20-15-13(12-17-16(2,3)4)19-10-8-7-9-14(19)18-15/h7-10,17H,5-6,11-12H2,1-4H3. The number of fused-ring (bicyclic) bond motifs is 1. The molecule has 0 spiro atoms. The fourth-order valence-corrected chi connectivity index (χ4v) is 3.09. The van der Waals surface area contributed by atoms with E-state index < -0.39 is 0 Å².